The lowest BCUT2D eigenvalue weighted by atomic mass is 10.0. The summed E-state index contributed by atoms with van der Waals surface area (Å²) in [4.78, 5) is 18.6. The van der Waals surface area contributed by atoms with Gasteiger partial charge in [0, 0.05) is 31.0 Å². The number of pyridine rings is 1. The van der Waals surface area contributed by atoms with Gasteiger partial charge in [-0.15, -0.1) is 0 Å². The predicted octanol–water partition coefficient (Wildman–Crippen LogP) is 1.60. The Morgan fingerprint density at radius 3 is 3.00 bits per heavy atom. The molecule has 0 aromatic carbocycles. The number of piperidine rings is 1. The van der Waals surface area contributed by atoms with E-state index in [0.717, 1.165) is 31.6 Å². The largest absolute Gasteiger partial charge is 0.334 e. The molecular weight excluding hydrogens is 226 g/mol. The van der Waals surface area contributed by atoms with Gasteiger partial charge in [-0.05, 0) is 45.4 Å². The number of carbonyl (C=O) groups is 1. The lowest BCUT2D eigenvalue weighted by Crippen LogP contribution is -2.48. The molecule has 98 valence electrons. The van der Waals surface area contributed by atoms with Crippen molar-refractivity contribution < 1.29 is 4.79 Å². The van der Waals surface area contributed by atoms with Gasteiger partial charge in [0.25, 0.3) is 5.91 Å². The minimum atomic E-state index is 0.113. The van der Waals surface area contributed by atoms with Gasteiger partial charge in [0.05, 0.1) is 5.56 Å². The van der Waals surface area contributed by atoms with Crippen molar-refractivity contribution in [3.8, 4) is 0 Å². The Kier molecular flexibility index (Phi) is 4.31. The monoisotopic (exact) mass is 247 g/mol. The van der Waals surface area contributed by atoms with Crippen molar-refractivity contribution in [1.82, 2.24) is 15.2 Å². The molecule has 1 fully saturated rings. The van der Waals surface area contributed by atoms with Crippen LogP contribution in [0.1, 0.15) is 35.3 Å². The number of aromatic nitrogens is 1. The zero-order valence-electron chi connectivity index (χ0n) is 11.1. The molecule has 2 heterocycles. The van der Waals surface area contributed by atoms with Crippen molar-refractivity contribution >= 4 is 5.91 Å². The van der Waals surface area contributed by atoms with Gasteiger partial charge in [-0.25, -0.2) is 0 Å². The molecule has 0 aliphatic carbocycles. The van der Waals surface area contributed by atoms with Gasteiger partial charge >= 0.3 is 0 Å². The number of aryl methyl sites for hydroxylation is 1. The van der Waals surface area contributed by atoms with Crippen molar-refractivity contribution in [2.75, 3.05) is 20.1 Å². The summed E-state index contributed by atoms with van der Waals surface area (Å²) in [5.41, 5.74) is 1.64. The Labute approximate surface area is 108 Å². The number of hydrogen-bond donors (Lipinski definition) is 1. The summed E-state index contributed by atoms with van der Waals surface area (Å²) in [6.45, 7) is 3.66. The molecule has 18 heavy (non-hydrogen) atoms. The summed E-state index contributed by atoms with van der Waals surface area (Å²) in [5, 5.41) is 3.17. The minimum absolute atomic E-state index is 0.113. The Bertz CT molecular complexity index is 400. The molecule has 1 unspecified atom stereocenters. The van der Waals surface area contributed by atoms with Gasteiger partial charge in [-0.2, -0.15) is 0 Å². The van der Waals surface area contributed by atoms with Crippen LogP contribution in [0.4, 0.5) is 0 Å². The quantitative estimate of drug-likeness (QED) is 0.882. The van der Waals surface area contributed by atoms with Gasteiger partial charge in [-0.3, -0.25) is 9.78 Å². The second-order valence-electron chi connectivity index (χ2n) is 4.89. The SMILES string of the molecule is CNCC1CCCCN1C(=O)c1ccc(C)nc1. The van der Waals surface area contributed by atoms with Gasteiger partial charge in [0.15, 0.2) is 0 Å². The van der Waals surface area contributed by atoms with E-state index >= 15 is 0 Å². The summed E-state index contributed by atoms with van der Waals surface area (Å²) >= 11 is 0. The van der Waals surface area contributed by atoms with Crippen molar-refractivity contribution in [2.24, 2.45) is 0 Å². The molecule has 1 atom stereocenters. The van der Waals surface area contributed by atoms with Crippen LogP contribution in [0.25, 0.3) is 0 Å². The van der Waals surface area contributed by atoms with E-state index in [1.807, 2.05) is 31.0 Å². The third-order valence-corrected chi connectivity index (χ3v) is 3.49. The lowest BCUT2D eigenvalue weighted by molar-refractivity contribution is 0.0614. The fraction of sp³-hybridized carbons (Fsp3) is 0.571. The van der Waals surface area contributed by atoms with E-state index in [4.69, 9.17) is 0 Å². The number of nitrogens with zero attached hydrogens (tertiary/aromatic N) is 2. The molecule has 2 rings (SSSR count). The first-order valence-corrected chi connectivity index (χ1v) is 6.60. The van der Waals surface area contributed by atoms with Gasteiger partial charge < -0.3 is 10.2 Å². The smallest absolute Gasteiger partial charge is 0.255 e. The van der Waals surface area contributed by atoms with Crippen LogP contribution in [0, 0.1) is 6.92 Å². The summed E-state index contributed by atoms with van der Waals surface area (Å²) < 4.78 is 0. The molecule has 0 radical (unpaired) electrons. The molecule has 0 bridgehead atoms. The number of likely N-dealkylation sites (N-methyl/N-ethyl adjacent to an activating group) is 1. The predicted molar refractivity (Wildman–Crippen MR) is 71.6 cm³/mol. The maximum Gasteiger partial charge on any atom is 0.255 e. The highest BCUT2D eigenvalue weighted by Crippen LogP contribution is 2.19. The van der Waals surface area contributed by atoms with Crippen LogP contribution in [-0.2, 0) is 0 Å². The molecule has 1 aliphatic heterocycles. The Balaban J connectivity index is 2.12. The van der Waals surface area contributed by atoms with Crippen LogP contribution in [0.3, 0.4) is 0 Å². The van der Waals surface area contributed by atoms with E-state index in [1.54, 1.807) is 6.20 Å². The first kappa shape index (κ1) is 13.0. The van der Waals surface area contributed by atoms with Crippen molar-refractivity contribution in [3.63, 3.8) is 0 Å². The molecule has 1 N–H and O–H groups in total. The molecule has 4 nitrogen and oxygen atoms in total. The normalized spacial score (nSPS) is 19.9. The number of likely N-dealkylation sites (tertiary alicyclic amines) is 1. The number of hydrogen-bond acceptors (Lipinski definition) is 3. The standard InChI is InChI=1S/C14H21N3O/c1-11-6-7-12(9-16-11)14(18)17-8-4-3-5-13(17)10-15-2/h6-7,9,13,15H,3-5,8,10H2,1-2H3. The lowest BCUT2D eigenvalue weighted by Gasteiger charge is -2.35. The van der Waals surface area contributed by atoms with E-state index in [2.05, 4.69) is 10.3 Å². The highest BCUT2D eigenvalue weighted by molar-refractivity contribution is 5.94. The molecule has 1 aromatic rings. The zero-order valence-corrected chi connectivity index (χ0v) is 11.1. The summed E-state index contributed by atoms with van der Waals surface area (Å²) in [6, 6.07) is 4.08. The molecule has 1 saturated heterocycles. The zero-order chi connectivity index (χ0) is 13.0. The van der Waals surface area contributed by atoms with Crippen LogP contribution in [0.2, 0.25) is 0 Å². The van der Waals surface area contributed by atoms with E-state index in [9.17, 15) is 4.79 Å². The van der Waals surface area contributed by atoms with Crippen LogP contribution >= 0.6 is 0 Å². The van der Waals surface area contributed by atoms with Gasteiger partial charge in [0.1, 0.15) is 0 Å². The molecule has 1 aliphatic rings. The first-order chi connectivity index (χ1) is 8.72. The molecule has 4 heteroatoms. The van der Waals surface area contributed by atoms with E-state index in [-0.39, 0.29) is 5.91 Å². The minimum Gasteiger partial charge on any atom is -0.334 e. The number of nitrogens with one attached hydrogen (secondary N) is 1. The maximum absolute atomic E-state index is 12.5. The van der Waals surface area contributed by atoms with Gasteiger partial charge in [-0.1, -0.05) is 0 Å². The maximum atomic E-state index is 12.5. The number of carbonyl (C=O) groups excluding carboxylic acids is 1. The highest BCUT2D eigenvalue weighted by Gasteiger charge is 2.26. The van der Waals surface area contributed by atoms with Crippen molar-refractivity contribution in [3.05, 3.63) is 29.6 Å². The Hall–Kier alpha value is -1.42. The van der Waals surface area contributed by atoms with Crippen LogP contribution in [-0.4, -0.2) is 42.0 Å². The molecule has 1 aromatic heterocycles. The van der Waals surface area contributed by atoms with E-state index < -0.39 is 0 Å². The Morgan fingerprint density at radius 1 is 1.50 bits per heavy atom. The second kappa shape index (κ2) is 5.96. The average Bonchev–Trinajstić information content (AvgIpc) is 2.40. The van der Waals surface area contributed by atoms with Crippen LogP contribution in [0.5, 0.6) is 0 Å². The second-order valence-corrected chi connectivity index (χ2v) is 4.89. The summed E-state index contributed by atoms with van der Waals surface area (Å²) in [5.74, 6) is 0.113. The molecular formula is C14H21N3O. The molecule has 0 spiro atoms. The van der Waals surface area contributed by atoms with Crippen molar-refractivity contribution in [2.45, 2.75) is 32.2 Å². The van der Waals surface area contributed by atoms with Gasteiger partial charge in [0.2, 0.25) is 0 Å². The molecule has 0 saturated carbocycles. The van der Waals surface area contributed by atoms with Crippen molar-refractivity contribution in [1.29, 1.82) is 0 Å². The van der Waals surface area contributed by atoms with E-state index in [1.165, 1.54) is 6.42 Å². The first-order valence-electron chi connectivity index (χ1n) is 6.60. The fourth-order valence-electron chi connectivity index (χ4n) is 2.48. The Morgan fingerprint density at radius 2 is 2.33 bits per heavy atom. The van der Waals surface area contributed by atoms with E-state index in [0.29, 0.717) is 11.6 Å². The summed E-state index contributed by atoms with van der Waals surface area (Å²) in [7, 11) is 1.94. The summed E-state index contributed by atoms with van der Waals surface area (Å²) in [6.07, 6.45) is 5.09. The third kappa shape index (κ3) is 2.88. The third-order valence-electron chi connectivity index (χ3n) is 3.49. The topological polar surface area (TPSA) is 45.2 Å². The fourth-order valence-corrected chi connectivity index (χ4v) is 2.48. The highest BCUT2D eigenvalue weighted by atomic mass is 16.2. The number of amides is 1. The average molecular weight is 247 g/mol. The molecule has 1 amide bonds. The number of rotatable bonds is 3. The van der Waals surface area contributed by atoms with Crippen LogP contribution < -0.4 is 5.32 Å². The van der Waals surface area contributed by atoms with Crippen LogP contribution in [0.15, 0.2) is 18.3 Å².